The van der Waals surface area contributed by atoms with E-state index in [4.69, 9.17) is 14.5 Å². The second-order valence-corrected chi connectivity index (χ2v) is 10.3. The summed E-state index contributed by atoms with van der Waals surface area (Å²) < 4.78 is 50.9. The van der Waals surface area contributed by atoms with Crippen LogP contribution >= 0.6 is 11.8 Å². The minimum Gasteiger partial charge on any atom is -0.497 e. The molecule has 10 heteroatoms. The molecule has 0 saturated carbocycles. The van der Waals surface area contributed by atoms with Gasteiger partial charge in [-0.05, 0) is 72.8 Å². The zero-order chi connectivity index (χ0) is 24.8. The number of sulfonamides is 1. The van der Waals surface area contributed by atoms with Crippen molar-refractivity contribution >= 4 is 21.8 Å². The highest BCUT2D eigenvalue weighted by atomic mass is 32.2. The van der Waals surface area contributed by atoms with Gasteiger partial charge in [-0.1, -0.05) is 11.8 Å². The SMILES string of the molecule is COc1ccc(-c2nc(SCCNS(=O)(=O)c3ccc(F)cc3)[nH]c2-c2ccc(OC)cc2)cc1. The van der Waals surface area contributed by atoms with E-state index < -0.39 is 15.8 Å². The van der Waals surface area contributed by atoms with E-state index >= 15 is 0 Å². The molecule has 2 N–H and O–H groups in total. The highest BCUT2D eigenvalue weighted by Gasteiger charge is 2.16. The average molecular weight is 514 g/mol. The summed E-state index contributed by atoms with van der Waals surface area (Å²) in [6.45, 7) is 0.181. The van der Waals surface area contributed by atoms with Crippen LogP contribution in [0.1, 0.15) is 0 Å². The molecule has 7 nitrogen and oxygen atoms in total. The van der Waals surface area contributed by atoms with E-state index in [1.165, 1.54) is 23.9 Å². The predicted octanol–water partition coefficient (Wildman–Crippen LogP) is 4.97. The molecule has 0 aliphatic carbocycles. The van der Waals surface area contributed by atoms with Gasteiger partial charge in [0.25, 0.3) is 0 Å². The number of ether oxygens (including phenoxy) is 2. The molecule has 0 fully saturated rings. The molecule has 0 saturated heterocycles. The van der Waals surface area contributed by atoms with Crippen LogP contribution in [0.5, 0.6) is 11.5 Å². The fourth-order valence-electron chi connectivity index (χ4n) is 3.37. The average Bonchev–Trinajstić information content (AvgIpc) is 3.31. The summed E-state index contributed by atoms with van der Waals surface area (Å²) in [7, 11) is -0.483. The summed E-state index contributed by atoms with van der Waals surface area (Å²) >= 11 is 1.40. The molecule has 1 aromatic heterocycles. The number of H-pyrrole nitrogens is 1. The summed E-state index contributed by atoms with van der Waals surface area (Å²) in [4.78, 5) is 8.15. The van der Waals surface area contributed by atoms with Gasteiger partial charge in [-0.25, -0.2) is 22.5 Å². The van der Waals surface area contributed by atoms with Crippen molar-refractivity contribution in [2.24, 2.45) is 0 Å². The quantitative estimate of drug-likeness (QED) is 0.230. The minimum absolute atomic E-state index is 0.0190. The Morgan fingerprint density at radius 1 is 0.886 bits per heavy atom. The lowest BCUT2D eigenvalue weighted by Crippen LogP contribution is -2.26. The Hall–Kier alpha value is -3.34. The number of hydrogen-bond donors (Lipinski definition) is 2. The van der Waals surface area contributed by atoms with Crippen LogP contribution in [0.15, 0.2) is 82.8 Å². The Kier molecular flexibility index (Phi) is 7.74. The van der Waals surface area contributed by atoms with Gasteiger partial charge in [0, 0.05) is 23.4 Å². The van der Waals surface area contributed by atoms with Gasteiger partial charge in [0.2, 0.25) is 10.0 Å². The van der Waals surface area contributed by atoms with Crippen LogP contribution in [-0.4, -0.2) is 44.9 Å². The van der Waals surface area contributed by atoms with Gasteiger partial charge in [-0.15, -0.1) is 0 Å². The van der Waals surface area contributed by atoms with E-state index in [-0.39, 0.29) is 11.4 Å². The Balaban J connectivity index is 1.51. The maximum absolute atomic E-state index is 13.1. The topological polar surface area (TPSA) is 93.3 Å². The van der Waals surface area contributed by atoms with Gasteiger partial charge in [0.15, 0.2) is 5.16 Å². The number of benzene rings is 3. The predicted molar refractivity (Wildman–Crippen MR) is 135 cm³/mol. The normalized spacial score (nSPS) is 11.4. The van der Waals surface area contributed by atoms with Crippen LogP contribution in [0.25, 0.3) is 22.5 Å². The molecule has 0 unspecified atom stereocenters. The number of aromatic nitrogens is 2. The fraction of sp³-hybridized carbons (Fsp3) is 0.160. The maximum Gasteiger partial charge on any atom is 0.240 e. The Bertz CT molecular complexity index is 1310. The van der Waals surface area contributed by atoms with Crippen molar-refractivity contribution in [3.63, 3.8) is 0 Å². The third kappa shape index (κ3) is 6.02. The van der Waals surface area contributed by atoms with Crippen LogP contribution in [0.2, 0.25) is 0 Å². The Morgan fingerprint density at radius 3 is 2.03 bits per heavy atom. The number of aromatic amines is 1. The standard InChI is InChI=1S/C25H24FN3O4S2/c1-32-20-9-3-17(4-10-20)23-24(18-5-11-21(33-2)12-6-18)29-25(28-23)34-16-15-27-35(30,31)22-13-7-19(26)8-14-22/h3-14,27H,15-16H2,1-2H3,(H,28,29). The largest absolute Gasteiger partial charge is 0.497 e. The Labute approximate surface area is 207 Å². The first-order valence-electron chi connectivity index (χ1n) is 10.7. The second kappa shape index (κ2) is 10.9. The number of nitrogens with one attached hydrogen (secondary N) is 2. The molecule has 0 atom stereocenters. The molecule has 3 aromatic carbocycles. The number of rotatable bonds is 10. The monoisotopic (exact) mass is 513 g/mol. The van der Waals surface area contributed by atoms with Crippen molar-refractivity contribution in [2.75, 3.05) is 26.5 Å². The Morgan fingerprint density at radius 2 is 1.46 bits per heavy atom. The van der Waals surface area contributed by atoms with E-state index in [1.54, 1.807) is 14.2 Å². The van der Waals surface area contributed by atoms with Crippen molar-refractivity contribution in [1.29, 1.82) is 0 Å². The van der Waals surface area contributed by atoms with Crippen LogP contribution in [0, 0.1) is 5.82 Å². The summed E-state index contributed by atoms with van der Waals surface area (Å²) in [5.74, 6) is 1.45. The van der Waals surface area contributed by atoms with Crippen LogP contribution in [0.3, 0.4) is 0 Å². The van der Waals surface area contributed by atoms with E-state index in [0.717, 1.165) is 46.1 Å². The number of nitrogens with zero attached hydrogens (tertiary/aromatic N) is 1. The summed E-state index contributed by atoms with van der Waals surface area (Å²) in [5.41, 5.74) is 3.46. The second-order valence-electron chi connectivity index (χ2n) is 7.42. The fourth-order valence-corrected chi connectivity index (χ4v) is 5.25. The van der Waals surface area contributed by atoms with Crippen molar-refractivity contribution < 1.29 is 22.3 Å². The van der Waals surface area contributed by atoms with Crippen molar-refractivity contribution in [3.8, 4) is 34.0 Å². The molecule has 4 rings (SSSR count). The molecule has 0 aliphatic rings. The molecule has 35 heavy (non-hydrogen) atoms. The highest BCUT2D eigenvalue weighted by Crippen LogP contribution is 2.34. The summed E-state index contributed by atoms with van der Waals surface area (Å²) in [5, 5.41) is 0.655. The lowest BCUT2D eigenvalue weighted by Gasteiger charge is -2.06. The molecule has 1 heterocycles. The maximum atomic E-state index is 13.1. The number of hydrogen-bond acceptors (Lipinski definition) is 6. The van der Waals surface area contributed by atoms with Gasteiger partial charge < -0.3 is 14.5 Å². The molecule has 4 aromatic rings. The molecule has 0 aliphatic heterocycles. The van der Waals surface area contributed by atoms with E-state index in [2.05, 4.69) is 9.71 Å². The van der Waals surface area contributed by atoms with Crippen molar-refractivity contribution in [2.45, 2.75) is 10.1 Å². The summed E-state index contributed by atoms with van der Waals surface area (Å²) in [6.07, 6.45) is 0. The van der Waals surface area contributed by atoms with Crippen LogP contribution in [0.4, 0.5) is 4.39 Å². The lowest BCUT2D eigenvalue weighted by atomic mass is 10.0. The minimum atomic E-state index is -3.72. The number of imidazole rings is 1. The van der Waals surface area contributed by atoms with Gasteiger partial charge in [0.05, 0.1) is 30.5 Å². The first kappa shape index (κ1) is 24.8. The first-order chi connectivity index (χ1) is 16.9. The molecule has 0 amide bonds. The van der Waals surface area contributed by atoms with E-state index in [9.17, 15) is 12.8 Å². The van der Waals surface area contributed by atoms with Gasteiger partial charge in [-0.2, -0.15) is 0 Å². The number of halogens is 1. The number of thioether (sulfide) groups is 1. The molecular weight excluding hydrogens is 489 g/mol. The third-order valence-electron chi connectivity index (χ3n) is 5.18. The van der Waals surface area contributed by atoms with Crippen molar-refractivity contribution in [3.05, 3.63) is 78.6 Å². The summed E-state index contributed by atoms with van der Waals surface area (Å²) in [6, 6.07) is 20.0. The molecule has 182 valence electrons. The number of methoxy groups -OCH3 is 2. The van der Waals surface area contributed by atoms with Crippen molar-refractivity contribution in [1.82, 2.24) is 14.7 Å². The lowest BCUT2D eigenvalue weighted by molar-refractivity contribution is 0.414. The van der Waals surface area contributed by atoms with Gasteiger partial charge in [-0.3, -0.25) is 0 Å². The molecular formula is C25H24FN3O4S2. The van der Waals surface area contributed by atoms with E-state index in [0.29, 0.717) is 10.9 Å². The van der Waals surface area contributed by atoms with E-state index in [1.807, 2.05) is 48.5 Å². The van der Waals surface area contributed by atoms with Gasteiger partial charge in [0.1, 0.15) is 17.3 Å². The van der Waals surface area contributed by atoms with Crippen LogP contribution in [-0.2, 0) is 10.0 Å². The molecule has 0 bridgehead atoms. The highest BCUT2D eigenvalue weighted by molar-refractivity contribution is 7.99. The third-order valence-corrected chi connectivity index (χ3v) is 7.53. The molecule has 0 spiro atoms. The zero-order valence-corrected chi connectivity index (χ0v) is 20.8. The zero-order valence-electron chi connectivity index (χ0n) is 19.1. The molecule has 0 radical (unpaired) electrons. The van der Waals surface area contributed by atoms with Crippen LogP contribution < -0.4 is 14.2 Å². The first-order valence-corrected chi connectivity index (χ1v) is 13.1. The van der Waals surface area contributed by atoms with Gasteiger partial charge >= 0.3 is 0 Å². The smallest absolute Gasteiger partial charge is 0.240 e.